The zero-order valence-corrected chi connectivity index (χ0v) is 17.9. The number of fused-ring (bicyclic) bond motifs is 1. The highest BCUT2D eigenvalue weighted by Gasteiger charge is 2.38. The minimum Gasteiger partial charge on any atom is -0.343 e. The van der Waals surface area contributed by atoms with Crippen LogP contribution in [0.4, 0.5) is 5.95 Å². The van der Waals surface area contributed by atoms with Gasteiger partial charge in [-0.05, 0) is 37.8 Å². The Bertz CT molecular complexity index is 1220. The lowest BCUT2D eigenvalue weighted by molar-refractivity contribution is -0.131. The molecule has 1 saturated carbocycles. The van der Waals surface area contributed by atoms with Gasteiger partial charge in [-0.1, -0.05) is 6.07 Å². The van der Waals surface area contributed by atoms with Gasteiger partial charge in [-0.2, -0.15) is 15.3 Å². The number of hydrogen-bond acceptors (Lipinski definition) is 6. The molecule has 0 bridgehead atoms. The maximum Gasteiger partial charge on any atom is 0.249 e. The minimum atomic E-state index is -0.446. The monoisotopic (exact) mass is 432 g/mol. The zero-order valence-electron chi connectivity index (χ0n) is 17.9. The van der Waals surface area contributed by atoms with Crippen molar-refractivity contribution in [1.82, 2.24) is 29.3 Å². The van der Waals surface area contributed by atoms with Crippen molar-refractivity contribution in [2.24, 2.45) is 5.92 Å². The van der Waals surface area contributed by atoms with Gasteiger partial charge in [0.25, 0.3) is 0 Å². The van der Waals surface area contributed by atoms with Crippen LogP contribution in [0.3, 0.4) is 0 Å². The Morgan fingerprint density at radius 3 is 2.75 bits per heavy atom. The van der Waals surface area contributed by atoms with Gasteiger partial charge in [0, 0.05) is 37.7 Å². The third-order valence-corrected chi connectivity index (χ3v) is 6.45. The molecule has 0 atom stereocenters. The van der Waals surface area contributed by atoms with E-state index in [9.17, 15) is 14.9 Å². The highest BCUT2D eigenvalue weighted by molar-refractivity contribution is 5.92. The van der Waals surface area contributed by atoms with Crippen LogP contribution in [0.15, 0.2) is 30.6 Å². The average Bonchev–Trinajstić information content (AvgIpc) is 3.37. The van der Waals surface area contributed by atoms with Gasteiger partial charge >= 0.3 is 0 Å². The van der Waals surface area contributed by atoms with Crippen LogP contribution in [0.2, 0.25) is 0 Å². The van der Waals surface area contributed by atoms with Gasteiger partial charge in [-0.25, -0.2) is 4.52 Å². The van der Waals surface area contributed by atoms with Crippen molar-refractivity contribution >= 4 is 23.4 Å². The smallest absolute Gasteiger partial charge is 0.249 e. The van der Waals surface area contributed by atoms with E-state index < -0.39 is 5.54 Å². The van der Waals surface area contributed by atoms with Gasteiger partial charge in [-0.15, -0.1) is 5.10 Å². The Hall–Kier alpha value is -3.74. The summed E-state index contributed by atoms with van der Waals surface area (Å²) in [5.41, 5.74) is 1.81. The van der Waals surface area contributed by atoms with E-state index in [1.54, 1.807) is 17.6 Å². The molecule has 2 aliphatic rings. The molecular formula is C22H24N8O2. The van der Waals surface area contributed by atoms with Crippen molar-refractivity contribution in [3.8, 4) is 17.3 Å². The third kappa shape index (κ3) is 3.60. The SMILES string of the molecule is CC(=O)N1CCC(CC#N)(n2cc(-c3cccc4nc(NC(=O)C5CC5)nn34)cn2)CC1. The van der Waals surface area contributed by atoms with E-state index in [2.05, 4.69) is 26.6 Å². The highest BCUT2D eigenvalue weighted by Crippen LogP contribution is 2.34. The van der Waals surface area contributed by atoms with Crippen molar-refractivity contribution in [1.29, 1.82) is 5.26 Å². The standard InChI is InChI=1S/C22H24N8O2/c1-15(31)28-11-8-22(7-10-23,9-12-28)29-14-17(13-24-29)18-3-2-4-19-25-21(27-30(18)19)26-20(32)16-5-6-16/h2-4,13-14,16H,5-9,11-12H2,1H3,(H,26,27,32). The van der Waals surface area contributed by atoms with E-state index in [4.69, 9.17) is 0 Å². The lowest BCUT2D eigenvalue weighted by atomic mass is 9.85. The Labute approximate surface area is 184 Å². The molecule has 2 fully saturated rings. The van der Waals surface area contributed by atoms with Gasteiger partial charge < -0.3 is 4.90 Å². The van der Waals surface area contributed by atoms with Crippen molar-refractivity contribution in [3.63, 3.8) is 0 Å². The molecule has 1 saturated heterocycles. The molecule has 2 amide bonds. The number of likely N-dealkylation sites (tertiary alicyclic amines) is 1. The first-order valence-corrected chi connectivity index (χ1v) is 10.8. The Morgan fingerprint density at radius 2 is 2.06 bits per heavy atom. The molecule has 0 radical (unpaired) electrons. The quantitative estimate of drug-likeness (QED) is 0.660. The molecule has 5 rings (SSSR count). The van der Waals surface area contributed by atoms with E-state index >= 15 is 0 Å². The second kappa shape index (κ2) is 7.75. The zero-order chi connectivity index (χ0) is 22.3. The molecule has 1 N–H and O–H groups in total. The summed E-state index contributed by atoms with van der Waals surface area (Å²) in [5, 5.41) is 21.4. The lowest BCUT2D eigenvalue weighted by Crippen LogP contribution is -2.47. The molecule has 3 aromatic heterocycles. The number of carbonyl (C=O) groups excluding carboxylic acids is 2. The van der Waals surface area contributed by atoms with Crippen LogP contribution in [0.25, 0.3) is 16.9 Å². The highest BCUT2D eigenvalue weighted by atomic mass is 16.2. The normalized spacial score (nSPS) is 17.8. The summed E-state index contributed by atoms with van der Waals surface area (Å²) >= 11 is 0. The average molecular weight is 432 g/mol. The summed E-state index contributed by atoms with van der Waals surface area (Å²) < 4.78 is 3.56. The molecule has 0 spiro atoms. The van der Waals surface area contributed by atoms with Crippen molar-refractivity contribution in [2.75, 3.05) is 18.4 Å². The molecular weight excluding hydrogens is 408 g/mol. The van der Waals surface area contributed by atoms with Gasteiger partial charge in [0.15, 0.2) is 5.65 Å². The first kappa shape index (κ1) is 20.2. The largest absolute Gasteiger partial charge is 0.343 e. The number of nitrogens with one attached hydrogen (secondary N) is 1. The summed E-state index contributed by atoms with van der Waals surface area (Å²) in [4.78, 5) is 30.0. The molecule has 1 aliphatic heterocycles. The molecule has 1 aliphatic carbocycles. The minimum absolute atomic E-state index is 0.0365. The van der Waals surface area contributed by atoms with Crippen LogP contribution in [-0.4, -0.2) is 54.2 Å². The molecule has 0 unspecified atom stereocenters. The molecule has 164 valence electrons. The summed E-state index contributed by atoms with van der Waals surface area (Å²) in [5.74, 6) is 0.383. The lowest BCUT2D eigenvalue weighted by Gasteiger charge is -2.40. The number of pyridine rings is 1. The van der Waals surface area contributed by atoms with Crippen LogP contribution in [0.1, 0.15) is 39.0 Å². The van der Waals surface area contributed by atoms with Crippen LogP contribution < -0.4 is 5.32 Å². The number of nitrogens with zero attached hydrogens (tertiary/aromatic N) is 7. The molecule has 0 aromatic carbocycles. The number of aromatic nitrogens is 5. The maximum absolute atomic E-state index is 12.1. The van der Waals surface area contributed by atoms with Gasteiger partial charge in [-0.3, -0.25) is 19.6 Å². The fourth-order valence-corrected chi connectivity index (χ4v) is 4.32. The first-order valence-electron chi connectivity index (χ1n) is 10.8. The first-order chi connectivity index (χ1) is 15.5. The molecule has 4 heterocycles. The van der Waals surface area contributed by atoms with E-state index in [0.29, 0.717) is 43.9 Å². The van der Waals surface area contributed by atoms with Crippen molar-refractivity contribution in [2.45, 2.75) is 44.6 Å². The molecule has 10 nitrogen and oxygen atoms in total. The summed E-state index contributed by atoms with van der Waals surface area (Å²) in [6.45, 7) is 2.78. The van der Waals surface area contributed by atoms with E-state index in [1.807, 2.05) is 34.0 Å². The third-order valence-electron chi connectivity index (χ3n) is 6.45. The van der Waals surface area contributed by atoms with Crippen LogP contribution in [0, 0.1) is 17.2 Å². The van der Waals surface area contributed by atoms with Crippen LogP contribution >= 0.6 is 0 Å². The predicted octanol–water partition coefficient (Wildman–Crippen LogP) is 2.19. The summed E-state index contributed by atoms with van der Waals surface area (Å²) in [6.07, 6.45) is 7.19. The Kier molecular flexibility index (Phi) is 4.89. The van der Waals surface area contributed by atoms with Crippen LogP contribution in [-0.2, 0) is 15.1 Å². The number of anilines is 1. The fourth-order valence-electron chi connectivity index (χ4n) is 4.32. The second-order valence-electron chi connectivity index (χ2n) is 8.62. The van der Waals surface area contributed by atoms with Crippen molar-refractivity contribution < 1.29 is 9.59 Å². The number of nitriles is 1. The molecule has 3 aromatic rings. The predicted molar refractivity (Wildman–Crippen MR) is 115 cm³/mol. The summed E-state index contributed by atoms with van der Waals surface area (Å²) in [7, 11) is 0. The number of carbonyl (C=O) groups is 2. The Balaban J connectivity index is 1.44. The van der Waals surface area contributed by atoms with Gasteiger partial charge in [0.1, 0.15) is 0 Å². The van der Waals surface area contributed by atoms with E-state index in [-0.39, 0.29) is 17.7 Å². The summed E-state index contributed by atoms with van der Waals surface area (Å²) in [6, 6.07) is 7.95. The van der Waals surface area contributed by atoms with Gasteiger partial charge in [0.2, 0.25) is 17.8 Å². The topological polar surface area (TPSA) is 121 Å². The Morgan fingerprint density at radius 1 is 1.28 bits per heavy atom. The maximum atomic E-state index is 12.1. The van der Waals surface area contributed by atoms with Crippen LogP contribution in [0.5, 0.6) is 0 Å². The van der Waals surface area contributed by atoms with Crippen molar-refractivity contribution in [3.05, 3.63) is 30.6 Å². The fraction of sp³-hybridized carbons (Fsp3) is 0.455. The number of amides is 2. The number of piperidine rings is 1. The van der Waals surface area contributed by atoms with E-state index in [1.165, 1.54) is 0 Å². The molecule has 32 heavy (non-hydrogen) atoms. The van der Waals surface area contributed by atoms with E-state index in [0.717, 1.165) is 24.1 Å². The number of hydrogen-bond donors (Lipinski definition) is 1. The van der Waals surface area contributed by atoms with Gasteiger partial charge in [0.05, 0.1) is 29.9 Å². The molecule has 10 heteroatoms. The number of rotatable bonds is 5. The second-order valence-corrected chi connectivity index (χ2v) is 8.62.